The first-order chi connectivity index (χ1) is 17.0. The molecule has 0 spiro atoms. The van der Waals surface area contributed by atoms with E-state index < -0.39 is 0 Å². The van der Waals surface area contributed by atoms with E-state index in [-0.39, 0.29) is 12.0 Å². The van der Waals surface area contributed by atoms with Crippen molar-refractivity contribution in [2.45, 2.75) is 65.3 Å². The molecule has 0 saturated carbocycles. The van der Waals surface area contributed by atoms with Crippen LogP contribution in [0.3, 0.4) is 0 Å². The largest absolute Gasteiger partial charge is 0.342 e. The van der Waals surface area contributed by atoms with Gasteiger partial charge in [-0.1, -0.05) is 37.6 Å². The lowest BCUT2D eigenvalue weighted by Crippen LogP contribution is -2.46. The number of carbonyl (C=O) groups excluding carboxylic acids is 1. The molecular formula is C29H41BrN4O. The second-order valence-electron chi connectivity index (χ2n) is 10.1. The van der Waals surface area contributed by atoms with Gasteiger partial charge in [0.25, 0.3) is 0 Å². The number of piperidine rings is 2. The summed E-state index contributed by atoms with van der Waals surface area (Å²) in [6.07, 6.45) is 7.97. The maximum Gasteiger partial charge on any atom is 0.225 e. The normalized spacial score (nSPS) is 21.4. The lowest BCUT2D eigenvalue weighted by molar-refractivity contribution is -0.138. The van der Waals surface area contributed by atoms with Crippen molar-refractivity contribution in [1.82, 2.24) is 14.8 Å². The molecule has 5 rings (SSSR count). The fourth-order valence-electron chi connectivity index (χ4n) is 5.99. The van der Waals surface area contributed by atoms with E-state index in [2.05, 4.69) is 56.9 Å². The molecule has 1 aliphatic carbocycles. The molecular weight excluding hydrogens is 500 g/mol. The van der Waals surface area contributed by atoms with Crippen LogP contribution in [-0.2, 0) is 17.6 Å². The van der Waals surface area contributed by atoms with E-state index in [9.17, 15) is 4.79 Å². The summed E-state index contributed by atoms with van der Waals surface area (Å²) in [4.78, 5) is 22.8. The summed E-state index contributed by atoms with van der Waals surface area (Å²) in [7, 11) is 0. The third-order valence-electron chi connectivity index (χ3n) is 7.99. The first-order valence-electron chi connectivity index (χ1n) is 13.5. The summed E-state index contributed by atoms with van der Waals surface area (Å²) in [5.74, 6) is 1.10. The number of aryl methyl sites for hydroxylation is 3. The van der Waals surface area contributed by atoms with Crippen molar-refractivity contribution in [3.05, 3.63) is 62.9 Å². The molecule has 190 valence electrons. The van der Waals surface area contributed by atoms with Gasteiger partial charge >= 0.3 is 0 Å². The molecule has 2 N–H and O–H groups in total. The Labute approximate surface area is 219 Å². The summed E-state index contributed by atoms with van der Waals surface area (Å²) in [5.41, 5.74) is 12.5. The Hall–Kier alpha value is -1.76. The minimum atomic E-state index is 0.149. The van der Waals surface area contributed by atoms with Gasteiger partial charge in [-0.15, -0.1) is 0 Å². The average Bonchev–Trinajstić information content (AvgIpc) is 3.06. The average molecular weight is 542 g/mol. The van der Waals surface area contributed by atoms with Gasteiger partial charge in [0.2, 0.25) is 5.91 Å². The van der Waals surface area contributed by atoms with Crippen LogP contribution >= 0.6 is 15.9 Å². The third kappa shape index (κ3) is 5.81. The Kier molecular flexibility index (Phi) is 9.01. The van der Waals surface area contributed by atoms with Gasteiger partial charge in [0.05, 0.1) is 11.7 Å². The van der Waals surface area contributed by atoms with Crippen molar-refractivity contribution in [3.8, 4) is 0 Å². The quantitative estimate of drug-likeness (QED) is 0.575. The van der Waals surface area contributed by atoms with E-state index in [0.29, 0.717) is 11.8 Å². The second kappa shape index (κ2) is 12.0. The highest BCUT2D eigenvalue weighted by Gasteiger charge is 2.36. The Bertz CT molecular complexity index is 956. The number of amides is 1. The molecule has 2 aromatic rings. The Morgan fingerprint density at radius 3 is 2.40 bits per heavy atom. The van der Waals surface area contributed by atoms with Crippen molar-refractivity contribution in [2.75, 3.05) is 32.7 Å². The van der Waals surface area contributed by atoms with E-state index in [4.69, 9.17) is 10.7 Å². The number of nitrogens with zero attached hydrogens (tertiary/aromatic N) is 3. The zero-order chi connectivity index (χ0) is 24.9. The van der Waals surface area contributed by atoms with Gasteiger partial charge in [0.15, 0.2) is 0 Å². The molecule has 1 atom stereocenters. The zero-order valence-electron chi connectivity index (χ0n) is 21.6. The molecule has 2 aliphatic heterocycles. The maximum absolute atomic E-state index is 13.2. The van der Waals surface area contributed by atoms with Gasteiger partial charge in [-0.2, -0.15) is 0 Å². The van der Waals surface area contributed by atoms with E-state index in [1.165, 1.54) is 27.9 Å². The summed E-state index contributed by atoms with van der Waals surface area (Å²) >= 11 is 3.62. The summed E-state index contributed by atoms with van der Waals surface area (Å²) in [6, 6.07) is 9.31. The molecule has 2 fully saturated rings. The highest BCUT2D eigenvalue weighted by molar-refractivity contribution is 9.10. The fourth-order valence-corrected chi connectivity index (χ4v) is 6.37. The number of nitrogens with two attached hydrogens (primary N) is 1. The molecule has 0 bridgehead atoms. The molecule has 1 unspecified atom stereocenters. The molecule has 1 aromatic carbocycles. The van der Waals surface area contributed by atoms with Crippen LogP contribution in [0.2, 0.25) is 0 Å². The van der Waals surface area contributed by atoms with Crippen LogP contribution < -0.4 is 5.73 Å². The minimum Gasteiger partial charge on any atom is -0.342 e. The zero-order valence-corrected chi connectivity index (χ0v) is 23.2. The first kappa shape index (κ1) is 26.3. The summed E-state index contributed by atoms with van der Waals surface area (Å²) in [5, 5.41) is 0. The lowest BCUT2D eigenvalue weighted by atomic mass is 9.89. The topological polar surface area (TPSA) is 62.5 Å². The molecule has 6 heteroatoms. The standard InChI is InChI=1S/C27H35BrN4O.C2H6/c1-18-2-5-24-21(14-18)3-4-22-15-23(28)17-30-25(22)26(24)31-12-8-20(9-13-31)27(33)32-10-6-19(16-29)7-11-32;1-2/h2,5,14-15,17,19-20,26H,3-4,6-13,16,29H2,1H3;1-2H3. The van der Waals surface area contributed by atoms with E-state index in [1.54, 1.807) is 0 Å². The van der Waals surface area contributed by atoms with Crippen LogP contribution in [0, 0.1) is 18.8 Å². The van der Waals surface area contributed by atoms with Gasteiger partial charge in [0, 0.05) is 29.7 Å². The smallest absolute Gasteiger partial charge is 0.225 e. The van der Waals surface area contributed by atoms with Gasteiger partial charge < -0.3 is 10.6 Å². The Balaban J connectivity index is 0.00000141. The van der Waals surface area contributed by atoms with E-state index >= 15 is 0 Å². The van der Waals surface area contributed by atoms with Gasteiger partial charge in [-0.3, -0.25) is 14.7 Å². The van der Waals surface area contributed by atoms with Crippen molar-refractivity contribution < 1.29 is 4.79 Å². The number of hydrogen-bond donors (Lipinski definition) is 1. The number of pyridine rings is 1. The van der Waals surface area contributed by atoms with Crippen LogP contribution in [0.1, 0.15) is 73.5 Å². The molecule has 3 heterocycles. The third-order valence-corrected chi connectivity index (χ3v) is 8.42. The molecule has 1 aromatic heterocycles. The molecule has 2 saturated heterocycles. The lowest BCUT2D eigenvalue weighted by Gasteiger charge is -2.40. The Morgan fingerprint density at radius 2 is 1.71 bits per heavy atom. The Morgan fingerprint density at radius 1 is 1.03 bits per heavy atom. The second-order valence-corrected chi connectivity index (χ2v) is 11.0. The number of rotatable bonds is 3. The molecule has 1 amide bonds. The number of hydrogen-bond acceptors (Lipinski definition) is 4. The van der Waals surface area contributed by atoms with Crippen molar-refractivity contribution in [1.29, 1.82) is 0 Å². The van der Waals surface area contributed by atoms with Crippen molar-refractivity contribution >= 4 is 21.8 Å². The van der Waals surface area contributed by atoms with Crippen molar-refractivity contribution in [3.63, 3.8) is 0 Å². The van der Waals surface area contributed by atoms with E-state index in [0.717, 1.165) is 75.7 Å². The molecule has 5 nitrogen and oxygen atoms in total. The van der Waals surface area contributed by atoms with E-state index in [1.807, 2.05) is 20.0 Å². The number of likely N-dealkylation sites (tertiary alicyclic amines) is 2. The van der Waals surface area contributed by atoms with Crippen LogP contribution in [0.5, 0.6) is 0 Å². The SMILES string of the molecule is CC.Cc1ccc2c(c1)CCc1cc(Br)cnc1C2N1CCC(C(=O)N2CCC(CN)CC2)CC1. The van der Waals surface area contributed by atoms with Crippen molar-refractivity contribution in [2.24, 2.45) is 17.6 Å². The van der Waals surface area contributed by atoms with Crippen LogP contribution in [0.15, 0.2) is 34.9 Å². The predicted octanol–water partition coefficient (Wildman–Crippen LogP) is 5.28. The highest BCUT2D eigenvalue weighted by Crippen LogP contribution is 2.39. The highest BCUT2D eigenvalue weighted by atomic mass is 79.9. The van der Waals surface area contributed by atoms with Gasteiger partial charge in [-0.25, -0.2) is 0 Å². The number of fused-ring (bicyclic) bond motifs is 2. The minimum absolute atomic E-state index is 0.149. The monoisotopic (exact) mass is 540 g/mol. The van der Waals surface area contributed by atoms with Gasteiger partial charge in [-0.05, 0) is 110 Å². The molecule has 3 aliphatic rings. The maximum atomic E-state index is 13.2. The number of aromatic nitrogens is 1. The van der Waals surface area contributed by atoms with Crippen LogP contribution in [0.25, 0.3) is 0 Å². The molecule has 35 heavy (non-hydrogen) atoms. The number of carbonyl (C=O) groups is 1. The fraction of sp³-hybridized carbons (Fsp3) is 0.586. The number of benzene rings is 1. The van der Waals surface area contributed by atoms with Crippen LogP contribution in [0.4, 0.5) is 0 Å². The first-order valence-corrected chi connectivity index (χ1v) is 14.3. The summed E-state index contributed by atoms with van der Waals surface area (Å²) < 4.78 is 1.05. The predicted molar refractivity (Wildman–Crippen MR) is 146 cm³/mol. The van der Waals surface area contributed by atoms with Gasteiger partial charge in [0.1, 0.15) is 0 Å². The van der Waals surface area contributed by atoms with Crippen LogP contribution in [-0.4, -0.2) is 53.4 Å². The summed E-state index contributed by atoms with van der Waals surface area (Å²) in [6.45, 7) is 10.5. The number of halogens is 1. The molecule has 0 radical (unpaired) electrons.